The van der Waals surface area contributed by atoms with Crippen LogP contribution < -0.4 is 10.6 Å². The number of carbonyl (C=O) groups is 2. The number of carbonyl (C=O) groups excluding carboxylic acids is 1. The van der Waals surface area contributed by atoms with Gasteiger partial charge in [0.25, 0.3) is 0 Å². The van der Waals surface area contributed by atoms with Crippen LogP contribution in [-0.4, -0.2) is 42.4 Å². The molecule has 3 N–H and O–H groups in total. The maximum Gasteiger partial charge on any atom is 0.329 e. The van der Waals surface area contributed by atoms with Crippen molar-refractivity contribution < 1.29 is 19.4 Å². The molecular weight excluding hydrogens is 248 g/mol. The normalized spacial score (nSPS) is 11.1. The maximum atomic E-state index is 11.6. The monoisotopic (exact) mass is 274 g/mol. The topological polar surface area (TPSA) is 87.7 Å². The highest BCUT2D eigenvalue weighted by Crippen LogP contribution is 2.14. The molecule has 0 atom stereocenters. The van der Waals surface area contributed by atoms with Crippen LogP contribution in [0, 0.1) is 0 Å². The molecule has 0 aliphatic heterocycles. The van der Waals surface area contributed by atoms with Crippen molar-refractivity contribution in [2.75, 3.05) is 19.8 Å². The zero-order valence-electron chi connectivity index (χ0n) is 12.1. The van der Waals surface area contributed by atoms with Crippen LogP contribution in [0.15, 0.2) is 0 Å². The maximum absolute atomic E-state index is 11.6. The quantitative estimate of drug-likeness (QED) is 0.530. The zero-order chi connectivity index (χ0) is 14.7. The third kappa shape index (κ3) is 6.42. The lowest BCUT2D eigenvalue weighted by Crippen LogP contribution is -2.56. The highest BCUT2D eigenvalue weighted by molar-refractivity contribution is 5.86. The minimum atomic E-state index is -1.18. The number of aliphatic carboxylic acids is 1. The summed E-state index contributed by atoms with van der Waals surface area (Å²) in [4.78, 5) is 22.8. The Morgan fingerprint density at radius 1 is 1.16 bits per heavy atom. The van der Waals surface area contributed by atoms with Crippen LogP contribution in [0.1, 0.15) is 46.5 Å². The molecule has 0 saturated heterocycles. The van der Waals surface area contributed by atoms with Crippen molar-refractivity contribution in [3.8, 4) is 0 Å². The smallest absolute Gasteiger partial charge is 0.329 e. The van der Waals surface area contributed by atoms with Crippen molar-refractivity contribution in [3.05, 3.63) is 0 Å². The molecule has 0 spiro atoms. The highest BCUT2D eigenvalue weighted by atomic mass is 16.5. The van der Waals surface area contributed by atoms with E-state index in [-0.39, 0.29) is 0 Å². The Bertz CT molecular complexity index is 278. The van der Waals surface area contributed by atoms with E-state index in [1.807, 2.05) is 6.92 Å². The molecule has 112 valence electrons. The van der Waals surface area contributed by atoms with Crippen LogP contribution in [-0.2, 0) is 9.53 Å². The minimum absolute atomic E-state index is 0.353. The third-order valence-corrected chi connectivity index (χ3v) is 3.07. The molecule has 0 rings (SSSR count). The second-order valence-corrected chi connectivity index (χ2v) is 4.44. The predicted octanol–water partition coefficient (Wildman–Crippen LogP) is 1.75. The molecule has 0 aliphatic carbocycles. The number of hydrogen-bond acceptors (Lipinski definition) is 3. The molecule has 0 saturated carbocycles. The molecule has 19 heavy (non-hydrogen) atoms. The van der Waals surface area contributed by atoms with Gasteiger partial charge in [0, 0.05) is 19.8 Å². The molecule has 0 unspecified atom stereocenters. The van der Waals surface area contributed by atoms with E-state index in [1.165, 1.54) is 0 Å². The van der Waals surface area contributed by atoms with Gasteiger partial charge in [0.05, 0.1) is 0 Å². The van der Waals surface area contributed by atoms with Crippen LogP contribution >= 0.6 is 0 Å². The van der Waals surface area contributed by atoms with Gasteiger partial charge in [-0.1, -0.05) is 20.8 Å². The summed E-state index contributed by atoms with van der Waals surface area (Å²) in [5, 5.41) is 14.4. The largest absolute Gasteiger partial charge is 0.480 e. The van der Waals surface area contributed by atoms with E-state index in [4.69, 9.17) is 4.74 Å². The molecule has 6 heteroatoms. The fourth-order valence-corrected chi connectivity index (χ4v) is 1.67. The van der Waals surface area contributed by atoms with E-state index in [2.05, 4.69) is 10.6 Å². The lowest BCUT2D eigenvalue weighted by atomic mass is 9.93. The molecule has 0 aromatic heterocycles. The summed E-state index contributed by atoms with van der Waals surface area (Å²) < 4.78 is 5.28. The second kappa shape index (κ2) is 9.61. The number of carboxylic acid groups (broad SMARTS) is 1. The predicted molar refractivity (Wildman–Crippen MR) is 73.2 cm³/mol. The number of urea groups is 1. The number of carboxylic acids is 1. The summed E-state index contributed by atoms with van der Waals surface area (Å²) in [5.74, 6) is -1.00. The first-order chi connectivity index (χ1) is 9.02. The van der Waals surface area contributed by atoms with Gasteiger partial charge in [0.1, 0.15) is 5.54 Å². The summed E-state index contributed by atoms with van der Waals surface area (Å²) in [6, 6.07) is -0.443. The van der Waals surface area contributed by atoms with Crippen LogP contribution in [0.5, 0.6) is 0 Å². The van der Waals surface area contributed by atoms with Crippen molar-refractivity contribution >= 4 is 12.0 Å². The number of amides is 2. The first-order valence-corrected chi connectivity index (χ1v) is 6.89. The third-order valence-electron chi connectivity index (χ3n) is 3.07. The Kier molecular flexibility index (Phi) is 8.95. The Morgan fingerprint density at radius 2 is 1.79 bits per heavy atom. The standard InChI is InChI=1S/C13H26N2O4/c1-4-9-19-10-7-8-14-12(18)15-13(5-2,6-3)11(16)17/h4-10H2,1-3H3,(H,16,17)(H2,14,15,18). The van der Waals surface area contributed by atoms with Gasteiger partial charge in [0.15, 0.2) is 0 Å². The molecule has 6 nitrogen and oxygen atoms in total. The summed E-state index contributed by atoms with van der Waals surface area (Å²) in [6.45, 7) is 7.32. The van der Waals surface area contributed by atoms with E-state index >= 15 is 0 Å². The Labute approximate surface area is 114 Å². The van der Waals surface area contributed by atoms with E-state index in [9.17, 15) is 14.7 Å². The van der Waals surface area contributed by atoms with Crippen molar-refractivity contribution in [1.82, 2.24) is 10.6 Å². The van der Waals surface area contributed by atoms with Crippen LogP contribution in [0.4, 0.5) is 4.79 Å². The summed E-state index contributed by atoms with van der Waals surface area (Å²) in [7, 11) is 0. The Hall–Kier alpha value is -1.30. The molecule has 0 aromatic rings. The molecule has 0 radical (unpaired) electrons. The van der Waals surface area contributed by atoms with Crippen molar-refractivity contribution in [1.29, 1.82) is 0 Å². The summed E-state index contributed by atoms with van der Waals surface area (Å²) in [6.07, 6.45) is 2.39. The van der Waals surface area contributed by atoms with Gasteiger partial charge < -0.3 is 20.5 Å². The molecule has 2 amide bonds. The van der Waals surface area contributed by atoms with E-state index in [1.54, 1.807) is 13.8 Å². The number of rotatable bonds is 10. The van der Waals surface area contributed by atoms with Gasteiger partial charge in [-0.15, -0.1) is 0 Å². The Morgan fingerprint density at radius 3 is 2.26 bits per heavy atom. The summed E-state index contributed by atoms with van der Waals surface area (Å²) in [5.41, 5.74) is -1.18. The van der Waals surface area contributed by atoms with E-state index in [0.29, 0.717) is 32.4 Å². The van der Waals surface area contributed by atoms with E-state index in [0.717, 1.165) is 13.0 Å². The van der Waals surface area contributed by atoms with Gasteiger partial charge in [-0.2, -0.15) is 0 Å². The second-order valence-electron chi connectivity index (χ2n) is 4.44. The zero-order valence-corrected chi connectivity index (χ0v) is 12.1. The fourth-order valence-electron chi connectivity index (χ4n) is 1.67. The molecular formula is C13H26N2O4. The van der Waals surface area contributed by atoms with Gasteiger partial charge in [-0.05, 0) is 25.7 Å². The molecule has 0 fully saturated rings. The summed E-state index contributed by atoms with van der Waals surface area (Å²) >= 11 is 0. The van der Waals surface area contributed by atoms with Gasteiger partial charge >= 0.3 is 12.0 Å². The number of ether oxygens (including phenoxy) is 1. The van der Waals surface area contributed by atoms with Gasteiger partial charge in [-0.3, -0.25) is 0 Å². The molecule has 0 heterocycles. The Balaban J connectivity index is 3.98. The van der Waals surface area contributed by atoms with Gasteiger partial charge in [-0.25, -0.2) is 9.59 Å². The molecule has 0 aliphatic rings. The van der Waals surface area contributed by atoms with Gasteiger partial charge in [0.2, 0.25) is 0 Å². The number of hydrogen-bond donors (Lipinski definition) is 3. The fraction of sp³-hybridized carbons (Fsp3) is 0.846. The molecule has 0 aromatic carbocycles. The van der Waals surface area contributed by atoms with Crippen LogP contribution in [0.3, 0.4) is 0 Å². The van der Waals surface area contributed by atoms with Crippen molar-refractivity contribution in [2.45, 2.75) is 52.0 Å². The minimum Gasteiger partial charge on any atom is -0.480 e. The SMILES string of the molecule is CCCOCCCNC(=O)NC(CC)(CC)C(=O)O. The van der Waals surface area contributed by atoms with Crippen LogP contribution in [0.2, 0.25) is 0 Å². The van der Waals surface area contributed by atoms with Crippen LogP contribution in [0.25, 0.3) is 0 Å². The first kappa shape index (κ1) is 17.7. The first-order valence-electron chi connectivity index (χ1n) is 6.89. The average molecular weight is 274 g/mol. The number of nitrogens with one attached hydrogen (secondary N) is 2. The van der Waals surface area contributed by atoms with Crippen molar-refractivity contribution in [3.63, 3.8) is 0 Å². The van der Waals surface area contributed by atoms with E-state index < -0.39 is 17.5 Å². The molecule has 0 bridgehead atoms. The van der Waals surface area contributed by atoms with Crippen molar-refractivity contribution in [2.24, 2.45) is 0 Å². The highest BCUT2D eigenvalue weighted by Gasteiger charge is 2.36. The average Bonchev–Trinajstić information content (AvgIpc) is 2.39. The lowest BCUT2D eigenvalue weighted by Gasteiger charge is -2.28. The lowest BCUT2D eigenvalue weighted by molar-refractivity contribution is -0.144.